The van der Waals surface area contributed by atoms with Crippen molar-refractivity contribution in [2.24, 2.45) is 5.73 Å². The van der Waals surface area contributed by atoms with E-state index in [1.54, 1.807) is 0 Å². The fourth-order valence-electron chi connectivity index (χ4n) is 2.18. The maximum Gasteiger partial charge on any atom is 0.119 e. The first kappa shape index (κ1) is 14.6. The van der Waals surface area contributed by atoms with E-state index in [1.165, 1.54) is 0 Å². The number of nitrogens with two attached hydrogens (primary N) is 1. The molecule has 0 aromatic heterocycles. The highest BCUT2D eigenvalue weighted by Crippen LogP contribution is 2.22. The van der Waals surface area contributed by atoms with Gasteiger partial charge >= 0.3 is 0 Å². The summed E-state index contributed by atoms with van der Waals surface area (Å²) in [7, 11) is 0. The Morgan fingerprint density at radius 3 is 2.55 bits per heavy atom. The molecule has 3 nitrogen and oxygen atoms in total. The van der Waals surface area contributed by atoms with Gasteiger partial charge in [-0.05, 0) is 30.2 Å². The lowest BCUT2D eigenvalue weighted by molar-refractivity contribution is 0.145. The molecular weight excluding hydrogens is 250 g/mol. The maximum absolute atomic E-state index is 10.3. The molecule has 0 saturated heterocycles. The predicted octanol–water partition coefficient (Wildman–Crippen LogP) is 2.69. The second-order valence-corrected chi connectivity index (χ2v) is 4.79. The molecular formula is C17H21NO2. The minimum Gasteiger partial charge on any atom is -0.494 e. The van der Waals surface area contributed by atoms with Gasteiger partial charge < -0.3 is 15.6 Å². The van der Waals surface area contributed by atoms with Crippen LogP contribution in [-0.2, 0) is 6.42 Å². The van der Waals surface area contributed by atoms with Crippen molar-refractivity contribution in [3.63, 3.8) is 0 Å². The summed E-state index contributed by atoms with van der Waals surface area (Å²) in [6, 6.07) is 17.0. The first-order valence-corrected chi connectivity index (χ1v) is 6.91. The summed E-state index contributed by atoms with van der Waals surface area (Å²) in [4.78, 5) is 0. The lowest BCUT2D eigenvalue weighted by atomic mass is 9.97. The largest absolute Gasteiger partial charge is 0.494 e. The average Bonchev–Trinajstić information content (AvgIpc) is 2.48. The van der Waals surface area contributed by atoms with Gasteiger partial charge in [0.05, 0.1) is 18.8 Å². The zero-order chi connectivity index (χ0) is 14.4. The maximum atomic E-state index is 10.3. The van der Waals surface area contributed by atoms with Gasteiger partial charge in [-0.3, -0.25) is 0 Å². The lowest BCUT2D eigenvalue weighted by Crippen LogP contribution is -2.28. The van der Waals surface area contributed by atoms with Crippen LogP contribution in [-0.4, -0.2) is 17.8 Å². The molecule has 2 aromatic rings. The van der Waals surface area contributed by atoms with Gasteiger partial charge in [0, 0.05) is 6.42 Å². The van der Waals surface area contributed by atoms with Crippen molar-refractivity contribution >= 4 is 0 Å². The van der Waals surface area contributed by atoms with Gasteiger partial charge in [-0.2, -0.15) is 0 Å². The average molecular weight is 271 g/mol. The molecule has 0 aliphatic rings. The van der Waals surface area contributed by atoms with Crippen LogP contribution in [0.2, 0.25) is 0 Å². The SMILES string of the molecule is CCOc1cccc([C@H](N)[C@H](O)Cc2ccccc2)c1. The normalized spacial score (nSPS) is 13.8. The van der Waals surface area contributed by atoms with Crippen LogP contribution >= 0.6 is 0 Å². The van der Waals surface area contributed by atoms with Crippen molar-refractivity contribution in [3.05, 3.63) is 65.7 Å². The van der Waals surface area contributed by atoms with Crippen molar-refractivity contribution < 1.29 is 9.84 Å². The van der Waals surface area contributed by atoms with E-state index >= 15 is 0 Å². The van der Waals surface area contributed by atoms with Crippen LogP contribution in [0.15, 0.2) is 54.6 Å². The number of benzene rings is 2. The van der Waals surface area contributed by atoms with Crippen molar-refractivity contribution in [1.29, 1.82) is 0 Å². The summed E-state index contributed by atoms with van der Waals surface area (Å²) >= 11 is 0. The number of hydrogen-bond acceptors (Lipinski definition) is 3. The van der Waals surface area contributed by atoms with Crippen molar-refractivity contribution in [1.82, 2.24) is 0 Å². The van der Waals surface area contributed by atoms with E-state index in [2.05, 4.69) is 0 Å². The van der Waals surface area contributed by atoms with Crippen molar-refractivity contribution in [3.8, 4) is 5.75 Å². The third kappa shape index (κ3) is 3.83. The number of aliphatic hydroxyl groups is 1. The third-order valence-electron chi connectivity index (χ3n) is 3.26. The standard InChI is InChI=1S/C17H21NO2/c1-2-20-15-10-6-9-14(12-15)17(18)16(19)11-13-7-4-3-5-8-13/h3-10,12,16-17,19H,2,11,18H2,1H3/t16-,17+/m1/s1. The van der Waals surface area contributed by atoms with Crippen LogP contribution in [0.25, 0.3) is 0 Å². The predicted molar refractivity (Wildman–Crippen MR) is 80.7 cm³/mol. The fourth-order valence-corrected chi connectivity index (χ4v) is 2.18. The molecule has 0 fully saturated rings. The summed E-state index contributed by atoms with van der Waals surface area (Å²) < 4.78 is 5.46. The van der Waals surface area contributed by atoms with Gasteiger partial charge in [0.1, 0.15) is 5.75 Å². The summed E-state index contributed by atoms with van der Waals surface area (Å²) in [6.07, 6.45) is -0.0739. The monoisotopic (exact) mass is 271 g/mol. The first-order valence-electron chi connectivity index (χ1n) is 6.91. The van der Waals surface area contributed by atoms with Crippen molar-refractivity contribution in [2.75, 3.05) is 6.61 Å². The van der Waals surface area contributed by atoms with Crippen LogP contribution in [0.4, 0.5) is 0 Å². The smallest absolute Gasteiger partial charge is 0.119 e. The van der Waals surface area contributed by atoms with Gasteiger partial charge in [-0.1, -0.05) is 42.5 Å². The topological polar surface area (TPSA) is 55.5 Å². The minimum atomic E-state index is -0.616. The third-order valence-corrected chi connectivity index (χ3v) is 3.26. The van der Waals surface area contributed by atoms with E-state index in [0.717, 1.165) is 16.9 Å². The zero-order valence-electron chi connectivity index (χ0n) is 11.7. The van der Waals surface area contributed by atoms with Gasteiger partial charge in [-0.25, -0.2) is 0 Å². The Morgan fingerprint density at radius 1 is 1.10 bits per heavy atom. The van der Waals surface area contributed by atoms with E-state index in [-0.39, 0.29) is 0 Å². The molecule has 2 rings (SSSR count). The van der Waals surface area contributed by atoms with Crippen LogP contribution in [0, 0.1) is 0 Å². The van der Waals surface area contributed by atoms with Crippen LogP contribution in [0.1, 0.15) is 24.1 Å². The quantitative estimate of drug-likeness (QED) is 0.849. The second kappa shape index (κ2) is 7.08. The minimum absolute atomic E-state index is 0.421. The first-order chi connectivity index (χ1) is 9.70. The fraction of sp³-hybridized carbons (Fsp3) is 0.294. The van der Waals surface area contributed by atoms with E-state index < -0.39 is 12.1 Å². The molecule has 2 aromatic carbocycles. The van der Waals surface area contributed by atoms with Crippen LogP contribution < -0.4 is 10.5 Å². The highest BCUT2D eigenvalue weighted by atomic mass is 16.5. The summed E-state index contributed by atoms with van der Waals surface area (Å²) in [6.45, 7) is 2.56. The molecule has 0 heterocycles. The highest BCUT2D eigenvalue weighted by molar-refractivity contribution is 5.31. The number of hydrogen-bond donors (Lipinski definition) is 2. The Bertz CT molecular complexity index is 528. The molecule has 106 valence electrons. The molecule has 0 spiro atoms. The number of rotatable bonds is 6. The molecule has 0 aliphatic carbocycles. The Hall–Kier alpha value is -1.84. The van der Waals surface area contributed by atoms with E-state index in [4.69, 9.17) is 10.5 Å². The van der Waals surface area contributed by atoms with Gasteiger partial charge in [0.25, 0.3) is 0 Å². The van der Waals surface area contributed by atoms with Crippen LogP contribution in [0.5, 0.6) is 5.75 Å². The van der Waals surface area contributed by atoms with Gasteiger partial charge in [-0.15, -0.1) is 0 Å². The highest BCUT2D eigenvalue weighted by Gasteiger charge is 2.17. The molecule has 0 aliphatic heterocycles. The molecule has 0 radical (unpaired) electrons. The molecule has 0 saturated carbocycles. The molecule has 2 atom stereocenters. The van der Waals surface area contributed by atoms with Crippen molar-refractivity contribution in [2.45, 2.75) is 25.5 Å². The molecule has 20 heavy (non-hydrogen) atoms. The van der Waals surface area contributed by atoms with Crippen LogP contribution in [0.3, 0.4) is 0 Å². The molecule has 0 unspecified atom stereocenters. The summed E-state index contributed by atoms with van der Waals surface area (Å²) in [5, 5.41) is 10.3. The summed E-state index contributed by atoms with van der Waals surface area (Å²) in [5.74, 6) is 0.785. The lowest BCUT2D eigenvalue weighted by Gasteiger charge is -2.20. The number of ether oxygens (including phenoxy) is 1. The zero-order valence-corrected chi connectivity index (χ0v) is 11.7. The molecule has 0 amide bonds. The summed E-state index contributed by atoms with van der Waals surface area (Å²) in [5.41, 5.74) is 8.11. The Balaban J connectivity index is 2.06. The van der Waals surface area contributed by atoms with E-state index in [1.807, 2.05) is 61.5 Å². The van der Waals surface area contributed by atoms with E-state index in [0.29, 0.717) is 13.0 Å². The Labute approximate surface area is 120 Å². The number of aliphatic hydroxyl groups excluding tert-OH is 1. The Kier molecular flexibility index (Phi) is 5.16. The molecule has 0 bridgehead atoms. The Morgan fingerprint density at radius 2 is 1.85 bits per heavy atom. The van der Waals surface area contributed by atoms with E-state index in [9.17, 15) is 5.11 Å². The molecule has 3 N–H and O–H groups in total. The second-order valence-electron chi connectivity index (χ2n) is 4.79. The van der Waals surface area contributed by atoms with Gasteiger partial charge in [0.15, 0.2) is 0 Å². The molecule has 3 heteroatoms. The van der Waals surface area contributed by atoms with Gasteiger partial charge in [0.2, 0.25) is 0 Å².